The molecule has 0 bridgehead atoms. The number of pyridine rings is 1. The average Bonchev–Trinajstić information content (AvgIpc) is 2.58. The van der Waals surface area contributed by atoms with Crippen molar-refractivity contribution in [2.75, 3.05) is 12.4 Å². The lowest BCUT2D eigenvalue weighted by Gasteiger charge is -2.23. The van der Waals surface area contributed by atoms with Crippen LogP contribution in [-0.2, 0) is 19.1 Å². The molecule has 0 aliphatic rings. The number of methoxy groups -OCH3 is 1. The maximum Gasteiger partial charge on any atom is 0.356 e. The molecule has 0 spiro atoms. The van der Waals surface area contributed by atoms with Gasteiger partial charge in [0.25, 0.3) is 0 Å². The van der Waals surface area contributed by atoms with Gasteiger partial charge in [0, 0.05) is 5.39 Å². The van der Waals surface area contributed by atoms with Crippen molar-refractivity contribution in [3.63, 3.8) is 0 Å². The van der Waals surface area contributed by atoms with Crippen LogP contribution in [0.2, 0.25) is 0 Å². The van der Waals surface area contributed by atoms with Crippen LogP contribution in [-0.4, -0.2) is 40.7 Å². The van der Waals surface area contributed by atoms with E-state index < -0.39 is 23.5 Å². The van der Waals surface area contributed by atoms with Crippen molar-refractivity contribution in [2.45, 2.75) is 32.3 Å². The van der Waals surface area contributed by atoms with Gasteiger partial charge in [0.05, 0.1) is 18.0 Å². The van der Waals surface area contributed by atoms with Gasteiger partial charge in [-0.25, -0.2) is 9.78 Å². The van der Waals surface area contributed by atoms with Gasteiger partial charge in [-0.3, -0.25) is 9.59 Å². The zero-order valence-electron chi connectivity index (χ0n) is 15.0. The van der Waals surface area contributed by atoms with Crippen molar-refractivity contribution in [3.05, 3.63) is 41.6 Å². The minimum absolute atomic E-state index is 0.0362. The van der Waals surface area contributed by atoms with Crippen molar-refractivity contribution in [3.8, 4) is 0 Å². The summed E-state index contributed by atoms with van der Waals surface area (Å²) in [5.41, 5.74) is 0.568. The summed E-state index contributed by atoms with van der Waals surface area (Å²) >= 11 is 3.12. The number of carbonyl (C=O) groups is 3. The highest BCUT2D eigenvalue weighted by Crippen LogP contribution is 2.26. The molecule has 2 rings (SSSR count). The van der Waals surface area contributed by atoms with E-state index in [1.54, 1.807) is 45.0 Å². The Labute approximate surface area is 160 Å². The molecule has 0 aliphatic carbocycles. The monoisotopic (exact) mass is 421 g/mol. The molecule has 26 heavy (non-hydrogen) atoms. The third kappa shape index (κ3) is 4.66. The molecule has 0 fully saturated rings. The van der Waals surface area contributed by atoms with E-state index in [-0.39, 0.29) is 16.8 Å². The van der Waals surface area contributed by atoms with Gasteiger partial charge in [0.2, 0.25) is 0 Å². The first-order valence-electron chi connectivity index (χ1n) is 7.97. The van der Waals surface area contributed by atoms with E-state index >= 15 is 0 Å². The number of hydrogen-bond donors (Lipinski definition) is 0. The predicted molar refractivity (Wildman–Crippen MR) is 100 cm³/mol. The van der Waals surface area contributed by atoms with Crippen LogP contribution in [0.3, 0.4) is 0 Å². The Morgan fingerprint density at radius 2 is 1.85 bits per heavy atom. The highest BCUT2D eigenvalue weighted by Gasteiger charge is 2.32. The Morgan fingerprint density at radius 3 is 2.42 bits per heavy atom. The third-order valence-electron chi connectivity index (χ3n) is 3.54. The van der Waals surface area contributed by atoms with Crippen LogP contribution in [0.1, 0.15) is 42.7 Å². The first-order valence-corrected chi connectivity index (χ1v) is 9.09. The molecule has 1 atom stereocenters. The molecule has 0 aliphatic heterocycles. The lowest BCUT2D eigenvalue weighted by atomic mass is 9.94. The van der Waals surface area contributed by atoms with Gasteiger partial charge in [0.15, 0.2) is 5.78 Å². The van der Waals surface area contributed by atoms with Crippen LogP contribution in [0.5, 0.6) is 0 Å². The Hall–Kier alpha value is -2.28. The molecular formula is C19H20BrNO5. The minimum atomic E-state index is -1.03. The molecule has 0 amide bonds. The maximum atomic E-state index is 12.5. The zero-order valence-corrected chi connectivity index (χ0v) is 16.6. The number of aromatic nitrogens is 1. The van der Waals surface area contributed by atoms with Crippen LogP contribution < -0.4 is 0 Å². The Bertz CT molecular complexity index is 857. The van der Waals surface area contributed by atoms with E-state index in [9.17, 15) is 14.4 Å². The molecule has 138 valence electrons. The number of halogens is 1. The number of ether oxygens (including phenoxy) is 2. The summed E-state index contributed by atoms with van der Waals surface area (Å²) in [7, 11) is 1.29. The number of alkyl halides is 1. The van der Waals surface area contributed by atoms with E-state index in [0.717, 1.165) is 0 Å². The maximum absolute atomic E-state index is 12.5. The second-order valence-corrected chi connectivity index (χ2v) is 7.27. The smallest absolute Gasteiger partial charge is 0.356 e. The quantitative estimate of drug-likeness (QED) is 0.417. The van der Waals surface area contributed by atoms with Crippen LogP contribution in [0, 0.1) is 0 Å². The molecule has 1 aromatic carbocycles. The largest absolute Gasteiger partial charge is 0.464 e. The standard InChI is InChI=1S/C19H20BrNO5/c1-19(2,3)26-18(24)16(15(22)10-20)12-6-7-13-11(9-12)5-8-14(21-13)17(23)25-4/h5-9,16H,10H2,1-4H3. The van der Waals surface area contributed by atoms with Crippen molar-refractivity contribution < 1.29 is 23.9 Å². The fraction of sp³-hybridized carbons (Fsp3) is 0.368. The molecule has 2 aromatic rings. The predicted octanol–water partition coefficient (Wildman–Crippen LogP) is 3.41. The molecule has 1 aromatic heterocycles. The second kappa shape index (κ2) is 7.95. The van der Waals surface area contributed by atoms with Crippen molar-refractivity contribution in [1.82, 2.24) is 4.98 Å². The van der Waals surface area contributed by atoms with Crippen molar-refractivity contribution >= 4 is 44.6 Å². The van der Waals surface area contributed by atoms with Crippen LogP contribution >= 0.6 is 15.9 Å². The van der Waals surface area contributed by atoms with Crippen LogP contribution in [0.25, 0.3) is 10.9 Å². The zero-order chi connectivity index (χ0) is 19.5. The molecule has 7 heteroatoms. The van der Waals surface area contributed by atoms with Gasteiger partial charge in [-0.15, -0.1) is 0 Å². The number of hydrogen-bond acceptors (Lipinski definition) is 6. The molecular weight excluding hydrogens is 402 g/mol. The van der Waals surface area contributed by atoms with Gasteiger partial charge < -0.3 is 9.47 Å². The van der Waals surface area contributed by atoms with Crippen molar-refractivity contribution in [2.24, 2.45) is 0 Å². The number of rotatable bonds is 5. The fourth-order valence-electron chi connectivity index (χ4n) is 2.43. The normalized spacial score (nSPS) is 12.5. The number of esters is 2. The highest BCUT2D eigenvalue weighted by molar-refractivity contribution is 9.09. The number of ketones is 1. The SMILES string of the molecule is COC(=O)c1ccc2cc(C(C(=O)CBr)C(=O)OC(C)(C)C)ccc2n1. The molecule has 0 saturated heterocycles. The van der Waals surface area contributed by atoms with Crippen molar-refractivity contribution in [1.29, 1.82) is 0 Å². The Morgan fingerprint density at radius 1 is 1.15 bits per heavy atom. The van der Waals surface area contributed by atoms with Gasteiger partial charge in [-0.1, -0.05) is 28.1 Å². The summed E-state index contributed by atoms with van der Waals surface area (Å²) in [5.74, 6) is -2.45. The lowest BCUT2D eigenvalue weighted by molar-refractivity contribution is -0.158. The molecule has 1 heterocycles. The van der Waals surface area contributed by atoms with Gasteiger partial charge in [0.1, 0.15) is 17.2 Å². The first-order chi connectivity index (χ1) is 12.2. The molecule has 1 unspecified atom stereocenters. The summed E-state index contributed by atoms with van der Waals surface area (Å²) in [6.07, 6.45) is 0. The molecule has 0 N–H and O–H groups in total. The number of Topliss-reactive ketones (excluding diaryl/α,β-unsaturated/α-hetero) is 1. The Kier molecular flexibility index (Phi) is 6.13. The third-order valence-corrected chi connectivity index (χ3v) is 4.09. The summed E-state index contributed by atoms with van der Waals surface area (Å²) in [5, 5.41) is 0.736. The summed E-state index contributed by atoms with van der Waals surface area (Å²) in [6.45, 7) is 5.25. The van der Waals surface area contributed by atoms with Gasteiger partial charge >= 0.3 is 11.9 Å². The van der Waals surface area contributed by atoms with Gasteiger partial charge in [-0.05, 0) is 44.5 Å². The topological polar surface area (TPSA) is 82.6 Å². The number of fused-ring (bicyclic) bond motifs is 1. The number of carbonyl (C=O) groups excluding carboxylic acids is 3. The molecule has 6 nitrogen and oxygen atoms in total. The van der Waals surface area contributed by atoms with Crippen LogP contribution in [0.4, 0.5) is 0 Å². The minimum Gasteiger partial charge on any atom is -0.464 e. The first kappa shape index (κ1) is 20.0. The number of nitrogens with zero attached hydrogens (tertiary/aromatic N) is 1. The van der Waals surface area contributed by atoms with E-state index in [0.29, 0.717) is 16.5 Å². The summed E-state index contributed by atoms with van der Waals surface area (Å²) in [6, 6.07) is 8.25. The summed E-state index contributed by atoms with van der Waals surface area (Å²) in [4.78, 5) is 40.7. The Balaban J connectivity index is 2.45. The van der Waals surface area contributed by atoms with E-state index in [1.165, 1.54) is 13.2 Å². The number of benzene rings is 1. The second-order valence-electron chi connectivity index (χ2n) is 6.71. The van der Waals surface area contributed by atoms with E-state index in [2.05, 4.69) is 25.7 Å². The van der Waals surface area contributed by atoms with Gasteiger partial charge in [-0.2, -0.15) is 0 Å². The van der Waals surface area contributed by atoms with Crippen LogP contribution in [0.15, 0.2) is 30.3 Å². The lowest BCUT2D eigenvalue weighted by Crippen LogP contribution is -2.32. The molecule has 0 saturated carbocycles. The molecule has 0 radical (unpaired) electrons. The van der Waals surface area contributed by atoms with E-state index in [4.69, 9.17) is 4.74 Å². The summed E-state index contributed by atoms with van der Waals surface area (Å²) < 4.78 is 10.1. The van der Waals surface area contributed by atoms with E-state index in [1.807, 2.05) is 0 Å². The average molecular weight is 422 g/mol. The fourth-order valence-corrected chi connectivity index (χ4v) is 2.76. The highest BCUT2D eigenvalue weighted by atomic mass is 79.9.